The summed E-state index contributed by atoms with van der Waals surface area (Å²) in [6.45, 7) is 0.416. The highest BCUT2D eigenvalue weighted by atomic mass is 16.5. The lowest BCUT2D eigenvalue weighted by molar-refractivity contribution is -0.160. The quantitative estimate of drug-likeness (QED) is 0.440. The summed E-state index contributed by atoms with van der Waals surface area (Å²) in [7, 11) is 1.55. The molecule has 0 bridgehead atoms. The van der Waals surface area contributed by atoms with Crippen LogP contribution in [-0.4, -0.2) is 46.1 Å². The Bertz CT molecular complexity index is 1260. The van der Waals surface area contributed by atoms with E-state index < -0.39 is 18.1 Å². The predicted octanol–water partition coefficient (Wildman–Crippen LogP) is 4.71. The van der Waals surface area contributed by atoms with Gasteiger partial charge in [0.1, 0.15) is 12.6 Å². The van der Waals surface area contributed by atoms with Gasteiger partial charge in [0.25, 0.3) is 5.91 Å². The number of methoxy groups -OCH3 is 1. The largest absolute Gasteiger partial charge is 0.493 e. The van der Waals surface area contributed by atoms with Crippen molar-refractivity contribution in [2.24, 2.45) is 0 Å². The van der Waals surface area contributed by atoms with Gasteiger partial charge in [-0.15, -0.1) is 0 Å². The first-order valence-electron chi connectivity index (χ1n) is 13.0. The lowest BCUT2D eigenvalue weighted by Gasteiger charge is -2.37. The highest BCUT2D eigenvalue weighted by Crippen LogP contribution is 2.40. The van der Waals surface area contributed by atoms with E-state index in [-0.39, 0.29) is 31.6 Å². The first kappa shape index (κ1) is 25.7. The molecule has 8 nitrogen and oxygen atoms in total. The number of hydrogen-bond donors (Lipinski definition) is 1. The van der Waals surface area contributed by atoms with Crippen LogP contribution in [0, 0.1) is 0 Å². The lowest BCUT2D eigenvalue weighted by Crippen LogP contribution is -2.50. The number of carbonyl (C=O) groups excluding carboxylic acids is 1. The molecule has 0 saturated heterocycles. The fourth-order valence-corrected chi connectivity index (χ4v) is 5.30. The van der Waals surface area contributed by atoms with Crippen LogP contribution in [0.15, 0.2) is 67.0 Å². The number of aromatic nitrogens is 1. The molecule has 5 rings (SSSR count). The van der Waals surface area contributed by atoms with Gasteiger partial charge < -0.3 is 24.2 Å². The minimum atomic E-state index is -1.07. The Morgan fingerprint density at radius 2 is 1.79 bits per heavy atom. The van der Waals surface area contributed by atoms with Gasteiger partial charge in [-0.05, 0) is 47.7 Å². The van der Waals surface area contributed by atoms with Crippen molar-refractivity contribution in [2.75, 3.05) is 7.11 Å². The van der Waals surface area contributed by atoms with Crippen LogP contribution in [0.25, 0.3) is 0 Å². The van der Waals surface area contributed by atoms with Crippen molar-refractivity contribution in [3.8, 4) is 11.5 Å². The maximum absolute atomic E-state index is 14.0. The van der Waals surface area contributed by atoms with E-state index in [9.17, 15) is 14.7 Å². The summed E-state index contributed by atoms with van der Waals surface area (Å²) in [5.41, 5.74) is 3.23. The zero-order valence-electron chi connectivity index (χ0n) is 21.4. The summed E-state index contributed by atoms with van der Waals surface area (Å²) in [6.07, 6.45) is 6.56. The third-order valence-electron chi connectivity index (χ3n) is 7.31. The maximum Gasteiger partial charge on any atom is 0.326 e. The zero-order chi connectivity index (χ0) is 26.5. The molecule has 2 aliphatic rings. The van der Waals surface area contributed by atoms with Crippen molar-refractivity contribution in [3.05, 3.63) is 89.2 Å². The predicted molar refractivity (Wildman–Crippen MR) is 140 cm³/mol. The second-order valence-electron chi connectivity index (χ2n) is 9.74. The number of carboxylic acids is 1. The van der Waals surface area contributed by atoms with E-state index in [1.807, 2.05) is 48.5 Å². The molecule has 3 aromatic rings. The van der Waals surface area contributed by atoms with Crippen LogP contribution in [0.5, 0.6) is 11.5 Å². The van der Waals surface area contributed by atoms with Crippen molar-refractivity contribution < 1.29 is 28.9 Å². The summed E-state index contributed by atoms with van der Waals surface area (Å²) < 4.78 is 18.1. The standard InChI is InChI=1S/C30H32N2O6/c1-36-26-12-11-22-18-32(29(33)27(21-7-3-2-4-8-21)38-23-9-5-6-10-23)25(30(34)35)17-24(22)28(26)37-19-20-13-15-31-16-14-20/h2-4,7-8,11-16,23,25,27H,5-6,9-10,17-19H2,1H3,(H,34,35)/t25-,27-/m1/s1. The number of fused-ring (bicyclic) bond motifs is 1. The van der Waals surface area contributed by atoms with E-state index in [0.29, 0.717) is 11.5 Å². The molecule has 1 N–H and O–H groups in total. The second-order valence-corrected chi connectivity index (χ2v) is 9.74. The average Bonchev–Trinajstić information content (AvgIpc) is 3.48. The Balaban J connectivity index is 1.46. The van der Waals surface area contributed by atoms with E-state index in [0.717, 1.165) is 47.9 Å². The maximum atomic E-state index is 14.0. The molecule has 2 atom stereocenters. The molecule has 0 radical (unpaired) electrons. The van der Waals surface area contributed by atoms with Gasteiger partial charge in [0, 0.05) is 30.9 Å². The van der Waals surface area contributed by atoms with Gasteiger partial charge in [0.05, 0.1) is 13.2 Å². The Kier molecular flexibility index (Phi) is 7.89. The number of rotatable bonds is 9. The number of benzene rings is 2. The molecule has 8 heteroatoms. The fourth-order valence-electron chi connectivity index (χ4n) is 5.30. The van der Waals surface area contributed by atoms with Crippen LogP contribution in [0.2, 0.25) is 0 Å². The Hall–Kier alpha value is -3.91. The molecule has 1 amide bonds. The zero-order valence-corrected chi connectivity index (χ0v) is 21.4. The average molecular weight is 517 g/mol. The van der Waals surface area contributed by atoms with Gasteiger partial charge in [-0.1, -0.05) is 49.2 Å². The topological polar surface area (TPSA) is 98.2 Å². The smallest absolute Gasteiger partial charge is 0.326 e. The molecular weight excluding hydrogens is 484 g/mol. The van der Waals surface area contributed by atoms with E-state index in [4.69, 9.17) is 14.2 Å². The minimum absolute atomic E-state index is 0.0121. The lowest BCUT2D eigenvalue weighted by atomic mass is 9.91. The van der Waals surface area contributed by atoms with Crippen molar-refractivity contribution in [2.45, 2.75) is 63.5 Å². The second kappa shape index (κ2) is 11.6. The van der Waals surface area contributed by atoms with E-state index >= 15 is 0 Å². The Morgan fingerprint density at radius 1 is 1.05 bits per heavy atom. The number of aliphatic carboxylic acids is 1. The molecule has 1 aliphatic heterocycles. The highest BCUT2D eigenvalue weighted by Gasteiger charge is 2.41. The first-order valence-corrected chi connectivity index (χ1v) is 13.0. The first-order chi connectivity index (χ1) is 18.5. The fraction of sp³-hybridized carbons (Fsp3) is 0.367. The molecule has 2 aromatic carbocycles. The number of carbonyl (C=O) groups is 2. The normalized spacial score (nSPS) is 18.0. The van der Waals surface area contributed by atoms with Gasteiger partial charge in [0.15, 0.2) is 17.6 Å². The molecule has 198 valence electrons. The summed E-state index contributed by atoms with van der Waals surface area (Å²) in [4.78, 5) is 32.0. The van der Waals surface area contributed by atoms with E-state index in [1.165, 1.54) is 4.90 Å². The van der Waals surface area contributed by atoms with E-state index in [1.54, 1.807) is 25.6 Å². The molecule has 1 fully saturated rings. The van der Waals surface area contributed by atoms with Crippen molar-refractivity contribution >= 4 is 11.9 Å². The summed E-state index contributed by atoms with van der Waals surface area (Å²) in [6, 6.07) is 15.7. The van der Waals surface area contributed by atoms with Crippen molar-refractivity contribution in [1.29, 1.82) is 0 Å². The van der Waals surface area contributed by atoms with Crippen LogP contribution in [-0.2, 0) is 33.9 Å². The van der Waals surface area contributed by atoms with Gasteiger partial charge in [-0.2, -0.15) is 0 Å². The number of pyridine rings is 1. The summed E-state index contributed by atoms with van der Waals surface area (Å²) in [5, 5.41) is 10.2. The molecule has 0 spiro atoms. The van der Waals surface area contributed by atoms with Crippen LogP contribution >= 0.6 is 0 Å². The number of carboxylic acid groups (broad SMARTS) is 1. The van der Waals surface area contributed by atoms with Gasteiger partial charge in [-0.25, -0.2) is 4.79 Å². The number of hydrogen-bond acceptors (Lipinski definition) is 6. The molecule has 0 unspecified atom stereocenters. The van der Waals surface area contributed by atoms with Crippen molar-refractivity contribution in [1.82, 2.24) is 9.88 Å². The molecule has 1 aromatic heterocycles. The van der Waals surface area contributed by atoms with Gasteiger partial charge >= 0.3 is 5.97 Å². The molecule has 1 saturated carbocycles. The highest BCUT2D eigenvalue weighted by molar-refractivity contribution is 5.88. The van der Waals surface area contributed by atoms with Crippen LogP contribution in [0.4, 0.5) is 0 Å². The molecule has 1 aliphatic carbocycles. The summed E-state index contributed by atoms with van der Waals surface area (Å²) in [5.74, 6) is -0.383. The third kappa shape index (κ3) is 5.50. The number of nitrogens with zero attached hydrogens (tertiary/aromatic N) is 2. The minimum Gasteiger partial charge on any atom is -0.493 e. The van der Waals surface area contributed by atoms with Crippen LogP contribution in [0.3, 0.4) is 0 Å². The Labute approximate surface area is 222 Å². The monoisotopic (exact) mass is 516 g/mol. The molecular formula is C30H32N2O6. The SMILES string of the molecule is COc1ccc2c(c1OCc1ccncc1)C[C@H](C(=O)O)N(C(=O)[C@H](OC1CCCC1)c1ccccc1)C2. The molecule has 2 heterocycles. The molecule has 38 heavy (non-hydrogen) atoms. The van der Waals surface area contributed by atoms with Gasteiger partial charge in [0.2, 0.25) is 0 Å². The Morgan fingerprint density at radius 3 is 2.47 bits per heavy atom. The van der Waals surface area contributed by atoms with Crippen LogP contribution < -0.4 is 9.47 Å². The number of amides is 1. The van der Waals surface area contributed by atoms with Gasteiger partial charge in [-0.3, -0.25) is 9.78 Å². The number of ether oxygens (including phenoxy) is 3. The van der Waals surface area contributed by atoms with E-state index in [2.05, 4.69) is 4.98 Å². The third-order valence-corrected chi connectivity index (χ3v) is 7.31. The van der Waals surface area contributed by atoms with Crippen LogP contribution in [0.1, 0.15) is 54.0 Å². The van der Waals surface area contributed by atoms with Crippen molar-refractivity contribution in [3.63, 3.8) is 0 Å². The summed E-state index contributed by atoms with van der Waals surface area (Å²) >= 11 is 0.